The average Bonchev–Trinajstić information content (AvgIpc) is 3.11. The Kier molecular flexibility index (Phi) is 6.52. The largest absolute Gasteiger partial charge is 0.489 e. The lowest BCUT2D eigenvalue weighted by atomic mass is 10.1. The number of hydrogen-bond acceptors (Lipinski definition) is 4. The first-order valence-electron chi connectivity index (χ1n) is 10.8. The van der Waals surface area contributed by atoms with E-state index in [4.69, 9.17) is 4.74 Å². The van der Waals surface area contributed by atoms with Gasteiger partial charge in [-0.1, -0.05) is 88.7 Å². The molecule has 4 aromatic rings. The second-order valence-electron chi connectivity index (χ2n) is 7.86. The van der Waals surface area contributed by atoms with Gasteiger partial charge in [-0.25, -0.2) is 0 Å². The number of thioether (sulfide) groups is 1. The molecule has 0 saturated carbocycles. The van der Waals surface area contributed by atoms with Gasteiger partial charge in [-0.15, -0.1) is 0 Å². The molecule has 4 nitrogen and oxygen atoms in total. The molecule has 168 valence electrons. The van der Waals surface area contributed by atoms with Crippen molar-refractivity contribution in [3.63, 3.8) is 0 Å². The van der Waals surface area contributed by atoms with Crippen LogP contribution in [0, 0.1) is 0 Å². The molecule has 5 rings (SSSR count). The molecule has 0 aromatic heterocycles. The smallest absolute Gasteiger partial charge is 0.293 e. The van der Waals surface area contributed by atoms with E-state index in [1.807, 2.05) is 66.7 Å². The van der Waals surface area contributed by atoms with Gasteiger partial charge in [-0.2, -0.15) is 0 Å². The van der Waals surface area contributed by atoms with Crippen LogP contribution < -0.4 is 4.74 Å². The molecular formula is C28H20BrNO3S. The van der Waals surface area contributed by atoms with Gasteiger partial charge in [0, 0.05) is 4.47 Å². The summed E-state index contributed by atoms with van der Waals surface area (Å²) in [6, 6.07) is 29.5. The lowest BCUT2D eigenvalue weighted by Crippen LogP contribution is -2.27. The topological polar surface area (TPSA) is 46.6 Å². The summed E-state index contributed by atoms with van der Waals surface area (Å²) in [7, 11) is 0. The summed E-state index contributed by atoms with van der Waals surface area (Å²) in [6.07, 6.45) is 1.75. The highest BCUT2D eigenvalue weighted by Crippen LogP contribution is 2.34. The number of nitrogens with zero attached hydrogens (tertiary/aromatic N) is 1. The number of carbonyl (C=O) groups excluding carboxylic acids is 2. The Labute approximate surface area is 210 Å². The molecule has 4 aromatic carbocycles. The standard InChI is InChI=1S/C28H20BrNO3S/c29-25-14-4-2-9-21(25)17-30-27(31)26(34-28(30)32)16-19-7-5-12-23(15-19)33-18-22-11-6-10-20-8-1-3-13-24(20)22/h1-16H,17-18H2/b26-16-. The first-order chi connectivity index (χ1) is 16.6. The summed E-state index contributed by atoms with van der Waals surface area (Å²) in [5.74, 6) is 0.418. The van der Waals surface area contributed by atoms with E-state index in [0.29, 0.717) is 17.3 Å². The molecule has 34 heavy (non-hydrogen) atoms. The Morgan fingerprint density at radius 1 is 0.853 bits per heavy atom. The van der Waals surface area contributed by atoms with Gasteiger partial charge < -0.3 is 4.74 Å². The van der Waals surface area contributed by atoms with Gasteiger partial charge in [0.05, 0.1) is 11.4 Å². The third-order valence-electron chi connectivity index (χ3n) is 5.59. The average molecular weight is 530 g/mol. The number of halogens is 1. The zero-order chi connectivity index (χ0) is 23.5. The van der Waals surface area contributed by atoms with E-state index in [-0.39, 0.29) is 17.7 Å². The van der Waals surface area contributed by atoms with Gasteiger partial charge in [-0.05, 0) is 63.5 Å². The molecule has 0 spiro atoms. The SMILES string of the molecule is O=C1S/C(=C\c2cccc(OCc3cccc4ccccc34)c2)C(=O)N1Cc1ccccc1Br. The van der Waals surface area contributed by atoms with Crippen molar-refractivity contribution in [1.82, 2.24) is 4.90 Å². The van der Waals surface area contributed by atoms with Crippen molar-refractivity contribution in [2.75, 3.05) is 0 Å². The first kappa shape index (κ1) is 22.4. The molecule has 0 atom stereocenters. The zero-order valence-electron chi connectivity index (χ0n) is 18.1. The fourth-order valence-electron chi connectivity index (χ4n) is 3.86. The Hall–Kier alpha value is -3.35. The van der Waals surface area contributed by atoms with Crippen molar-refractivity contribution < 1.29 is 14.3 Å². The van der Waals surface area contributed by atoms with Crippen molar-refractivity contribution in [2.24, 2.45) is 0 Å². The summed E-state index contributed by atoms with van der Waals surface area (Å²) in [4.78, 5) is 27.1. The van der Waals surface area contributed by atoms with Gasteiger partial charge in [0.1, 0.15) is 12.4 Å². The van der Waals surface area contributed by atoms with Crippen LogP contribution in [0.15, 0.2) is 100 Å². The first-order valence-corrected chi connectivity index (χ1v) is 12.4. The predicted octanol–water partition coefficient (Wildman–Crippen LogP) is 7.42. The minimum absolute atomic E-state index is 0.234. The van der Waals surface area contributed by atoms with E-state index in [0.717, 1.165) is 32.9 Å². The number of amides is 2. The van der Waals surface area contributed by atoms with Gasteiger partial charge >= 0.3 is 0 Å². The molecule has 0 radical (unpaired) electrons. The number of ether oxygens (including phenoxy) is 1. The fourth-order valence-corrected chi connectivity index (χ4v) is 5.11. The van der Waals surface area contributed by atoms with E-state index in [9.17, 15) is 9.59 Å². The molecule has 6 heteroatoms. The zero-order valence-corrected chi connectivity index (χ0v) is 20.5. The molecule has 1 aliphatic heterocycles. The molecule has 0 aliphatic carbocycles. The lowest BCUT2D eigenvalue weighted by molar-refractivity contribution is -0.123. The van der Waals surface area contributed by atoms with E-state index in [1.165, 1.54) is 15.7 Å². The number of fused-ring (bicyclic) bond motifs is 1. The summed E-state index contributed by atoms with van der Waals surface area (Å²) in [6.45, 7) is 0.672. The maximum atomic E-state index is 12.9. The number of hydrogen-bond donors (Lipinski definition) is 0. The summed E-state index contributed by atoms with van der Waals surface area (Å²) >= 11 is 4.44. The Morgan fingerprint density at radius 3 is 2.47 bits per heavy atom. The highest BCUT2D eigenvalue weighted by molar-refractivity contribution is 9.10. The second-order valence-corrected chi connectivity index (χ2v) is 9.71. The third-order valence-corrected chi connectivity index (χ3v) is 7.27. The van der Waals surface area contributed by atoms with Crippen LogP contribution >= 0.6 is 27.7 Å². The predicted molar refractivity (Wildman–Crippen MR) is 140 cm³/mol. The van der Waals surface area contributed by atoms with Crippen molar-refractivity contribution >= 4 is 55.7 Å². The van der Waals surface area contributed by atoms with Crippen molar-refractivity contribution in [1.29, 1.82) is 0 Å². The van der Waals surface area contributed by atoms with E-state index in [1.54, 1.807) is 6.08 Å². The van der Waals surface area contributed by atoms with Crippen LogP contribution in [-0.2, 0) is 17.9 Å². The van der Waals surface area contributed by atoms with Gasteiger partial charge in [0.2, 0.25) is 0 Å². The lowest BCUT2D eigenvalue weighted by Gasteiger charge is -2.13. The highest BCUT2D eigenvalue weighted by Gasteiger charge is 2.35. The minimum atomic E-state index is -0.284. The van der Waals surface area contributed by atoms with Crippen LogP contribution in [0.4, 0.5) is 4.79 Å². The molecule has 1 saturated heterocycles. The van der Waals surface area contributed by atoms with Crippen molar-refractivity contribution in [2.45, 2.75) is 13.2 Å². The highest BCUT2D eigenvalue weighted by atomic mass is 79.9. The van der Waals surface area contributed by atoms with Crippen LogP contribution in [0.2, 0.25) is 0 Å². The van der Waals surface area contributed by atoms with Crippen molar-refractivity contribution in [3.8, 4) is 5.75 Å². The normalized spacial score (nSPS) is 14.9. The molecule has 1 fully saturated rings. The minimum Gasteiger partial charge on any atom is -0.489 e. The summed E-state index contributed by atoms with van der Waals surface area (Å²) in [5.41, 5.74) is 2.80. The molecule has 0 N–H and O–H groups in total. The van der Waals surface area contributed by atoms with E-state index in [2.05, 4.69) is 40.2 Å². The van der Waals surface area contributed by atoms with E-state index >= 15 is 0 Å². The van der Waals surface area contributed by atoms with Crippen LogP contribution in [0.25, 0.3) is 16.8 Å². The van der Waals surface area contributed by atoms with Crippen LogP contribution in [0.3, 0.4) is 0 Å². The molecule has 1 heterocycles. The Bertz CT molecular complexity index is 1430. The van der Waals surface area contributed by atoms with Crippen LogP contribution in [0.1, 0.15) is 16.7 Å². The quantitative estimate of drug-likeness (QED) is 0.244. The number of imide groups is 1. The second kappa shape index (κ2) is 9.87. The summed E-state index contributed by atoms with van der Waals surface area (Å²) < 4.78 is 6.93. The van der Waals surface area contributed by atoms with Crippen LogP contribution in [-0.4, -0.2) is 16.0 Å². The number of benzene rings is 4. The van der Waals surface area contributed by atoms with Gasteiger partial charge in [0.25, 0.3) is 11.1 Å². The van der Waals surface area contributed by atoms with E-state index < -0.39 is 0 Å². The third kappa shape index (κ3) is 4.79. The van der Waals surface area contributed by atoms with Gasteiger partial charge in [0.15, 0.2) is 0 Å². The number of carbonyl (C=O) groups is 2. The molecular weight excluding hydrogens is 510 g/mol. The Balaban J connectivity index is 1.31. The molecule has 0 bridgehead atoms. The maximum absolute atomic E-state index is 12.9. The molecule has 2 amide bonds. The molecule has 1 aliphatic rings. The Morgan fingerprint density at radius 2 is 1.59 bits per heavy atom. The fraction of sp³-hybridized carbons (Fsp3) is 0.0714. The maximum Gasteiger partial charge on any atom is 0.293 e. The number of rotatable bonds is 6. The monoisotopic (exact) mass is 529 g/mol. The van der Waals surface area contributed by atoms with Crippen LogP contribution in [0.5, 0.6) is 5.75 Å². The molecule has 0 unspecified atom stereocenters. The summed E-state index contributed by atoms with van der Waals surface area (Å²) in [5, 5.41) is 2.07. The van der Waals surface area contributed by atoms with Gasteiger partial charge in [-0.3, -0.25) is 14.5 Å². The van der Waals surface area contributed by atoms with Crippen molar-refractivity contribution in [3.05, 3.63) is 117 Å².